The highest BCUT2D eigenvalue weighted by atomic mass is 16.3. The van der Waals surface area contributed by atoms with Crippen molar-refractivity contribution in [3.63, 3.8) is 0 Å². The second-order valence-corrected chi connectivity index (χ2v) is 6.28. The van der Waals surface area contributed by atoms with Crippen LogP contribution in [-0.2, 0) is 0 Å². The van der Waals surface area contributed by atoms with Crippen molar-refractivity contribution in [1.29, 1.82) is 0 Å². The fraction of sp³-hybridized carbons (Fsp3) is 1.00. The molecule has 2 fully saturated rings. The van der Waals surface area contributed by atoms with Crippen LogP contribution in [0.3, 0.4) is 0 Å². The molecule has 2 heteroatoms. The Morgan fingerprint density at radius 2 is 1.93 bits per heavy atom. The molecule has 0 heterocycles. The maximum absolute atomic E-state index is 10.2. The predicted octanol–water partition coefficient (Wildman–Crippen LogP) is 2.27. The van der Waals surface area contributed by atoms with Gasteiger partial charge in [0.25, 0.3) is 0 Å². The van der Waals surface area contributed by atoms with E-state index in [0.717, 1.165) is 18.8 Å². The summed E-state index contributed by atoms with van der Waals surface area (Å²) in [5.41, 5.74) is 0.124. The van der Waals surface area contributed by atoms with Crippen LogP contribution in [-0.4, -0.2) is 35.7 Å². The average Bonchev–Trinajstić information content (AvgIpc) is 2.35. The van der Waals surface area contributed by atoms with Crippen molar-refractivity contribution in [3.8, 4) is 0 Å². The van der Waals surface area contributed by atoms with Crippen LogP contribution in [0.25, 0.3) is 0 Å². The molecule has 15 heavy (non-hydrogen) atoms. The summed E-state index contributed by atoms with van der Waals surface area (Å²) in [6, 6.07) is 0.403. The highest BCUT2D eigenvalue weighted by molar-refractivity contribution is 4.96. The number of rotatable bonds is 3. The van der Waals surface area contributed by atoms with E-state index in [9.17, 15) is 5.11 Å². The third kappa shape index (κ3) is 2.21. The lowest BCUT2D eigenvalue weighted by Crippen LogP contribution is -2.44. The van der Waals surface area contributed by atoms with Crippen molar-refractivity contribution in [1.82, 2.24) is 4.90 Å². The third-order valence-electron chi connectivity index (χ3n) is 4.59. The Kier molecular flexibility index (Phi) is 3.09. The Balaban J connectivity index is 1.87. The highest BCUT2D eigenvalue weighted by Gasteiger charge is 2.42. The minimum absolute atomic E-state index is 0.124. The predicted molar refractivity (Wildman–Crippen MR) is 62.8 cm³/mol. The summed E-state index contributed by atoms with van der Waals surface area (Å²) in [7, 11) is 2.19. The SMILES string of the molecule is CN(CC1CCC1)C1CCC(C)(C)C1O. The molecule has 0 aromatic rings. The van der Waals surface area contributed by atoms with E-state index in [1.807, 2.05) is 0 Å². The van der Waals surface area contributed by atoms with Crippen molar-refractivity contribution >= 4 is 0 Å². The van der Waals surface area contributed by atoms with E-state index in [0.29, 0.717) is 6.04 Å². The first-order valence-corrected chi connectivity index (χ1v) is 6.39. The molecule has 2 aliphatic carbocycles. The second-order valence-electron chi connectivity index (χ2n) is 6.28. The van der Waals surface area contributed by atoms with Gasteiger partial charge in [-0.1, -0.05) is 20.3 Å². The van der Waals surface area contributed by atoms with E-state index >= 15 is 0 Å². The maximum atomic E-state index is 10.2. The van der Waals surface area contributed by atoms with Gasteiger partial charge in [0.1, 0.15) is 0 Å². The number of hydrogen-bond donors (Lipinski definition) is 1. The molecule has 0 radical (unpaired) electrons. The average molecular weight is 211 g/mol. The molecule has 2 rings (SSSR count). The van der Waals surface area contributed by atoms with Crippen molar-refractivity contribution in [3.05, 3.63) is 0 Å². The quantitative estimate of drug-likeness (QED) is 0.774. The fourth-order valence-electron chi connectivity index (χ4n) is 3.03. The van der Waals surface area contributed by atoms with Crippen LogP contribution in [0.15, 0.2) is 0 Å². The minimum atomic E-state index is -0.137. The number of aliphatic hydroxyl groups excluding tert-OH is 1. The molecule has 0 aliphatic heterocycles. The van der Waals surface area contributed by atoms with Crippen LogP contribution >= 0.6 is 0 Å². The van der Waals surface area contributed by atoms with Gasteiger partial charge in [0.15, 0.2) is 0 Å². The minimum Gasteiger partial charge on any atom is -0.391 e. The van der Waals surface area contributed by atoms with E-state index in [-0.39, 0.29) is 11.5 Å². The molecule has 0 aromatic carbocycles. The maximum Gasteiger partial charge on any atom is 0.0746 e. The first kappa shape index (κ1) is 11.4. The lowest BCUT2D eigenvalue weighted by molar-refractivity contribution is 0.0147. The van der Waals surface area contributed by atoms with Crippen LogP contribution in [0, 0.1) is 11.3 Å². The van der Waals surface area contributed by atoms with Crippen molar-refractivity contribution < 1.29 is 5.11 Å². The second kappa shape index (κ2) is 4.06. The Hall–Kier alpha value is -0.0800. The normalized spacial score (nSPS) is 35.8. The van der Waals surface area contributed by atoms with Gasteiger partial charge < -0.3 is 10.0 Å². The number of hydrogen-bond acceptors (Lipinski definition) is 2. The zero-order chi connectivity index (χ0) is 11.1. The lowest BCUT2D eigenvalue weighted by Gasteiger charge is -2.36. The van der Waals surface area contributed by atoms with Crippen LogP contribution in [0.5, 0.6) is 0 Å². The topological polar surface area (TPSA) is 23.5 Å². The van der Waals surface area contributed by atoms with Crippen LogP contribution in [0.1, 0.15) is 46.0 Å². The van der Waals surface area contributed by atoms with Gasteiger partial charge in [0.2, 0.25) is 0 Å². The van der Waals surface area contributed by atoms with Crippen molar-refractivity contribution in [2.45, 2.75) is 58.1 Å². The summed E-state index contributed by atoms with van der Waals surface area (Å²) in [6.45, 7) is 5.57. The standard InChI is InChI=1S/C13H25NO/c1-13(2)8-7-11(12(13)15)14(3)9-10-5-4-6-10/h10-12,15H,4-9H2,1-3H3. The van der Waals surface area contributed by atoms with Crippen molar-refractivity contribution in [2.75, 3.05) is 13.6 Å². The van der Waals surface area contributed by atoms with E-state index in [2.05, 4.69) is 25.8 Å². The number of aliphatic hydroxyl groups is 1. The van der Waals surface area contributed by atoms with Crippen LogP contribution < -0.4 is 0 Å². The van der Waals surface area contributed by atoms with Gasteiger partial charge in [-0.05, 0) is 44.1 Å². The van der Waals surface area contributed by atoms with Gasteiger partial charge in [-0.15, -0.1) is 0 Å². The molecule has 2 aliphatic rings. The summed E-state index contributed by atoms with van der Waals surface area (Å²) >= 11 is 0. The largest absolute Gasteiger partial charge is 0.391 e. The van der Waals surface area contributed by atoms with Crippen LogP contribution in [0.4, 0.5) is 0 Å². The van der Waals surface area contributed by atoms with Crippen LogP contribution in [0.2, 0.25) is 0 Å². The molecule has 1 N–H and O–H groups in total. The Morgan fingerprint density at radius 1 is 1.27 bits per heavy atom. The van der Waals surface area contributed by atoms with Gasteiger partial charge in [-0.2, -0.15) is 0 Å². The molecule has 0 aromatic heterocycles. The molecule has 2 unspecified atom stereocenters. The van der Waals surface area contributed by atoms with Gasteiger partial charge in [0, 0.05) is 12.6 Å². The Bertz CT molecular complexity index is 223. The molecule has 0 saturated heterocycles. The number of likely N-dealkylation sites (N-methyl/N-ethyl adjacent to an activating group) is 1. The summed E-state index contributed by atoms with van der Waals surface area (Å²) in [4.78, 5) is 2.41. The zero-order valence-corrected chi connectivity index (χ0v) is 10.4. The summed E-state index contributed by atoms with van der Waals surface area (Å²) in [5.74, 6) is 0.908. The van der Waals surface area contributed by atoms with E-state index in [1.54, 1.807) is 0 Å². The Labute approximate surface area is 93.7 Å². The molecular formula is C13H25NO. The third-order valence-corrected chi connectivity index (χ3v) is 4.59. The fourth-order valence-corrected chi connectivity index (χ4v) is 3.03. The molecule has 2 atom stereocenters. The van der Waals surface area contributed by atoms with E-state index in [1.165, 1.54) is 25.8 Å². The molecule has 0 amide bonds. The Morgan fingerprint density at radius 3 is 2.33 bits per heavy atom. The van der Waals surface area contributed by atoms with Gasteiger partial charge in [-0.25, -0.2) is 0 Å². The zero-order valence-electron chi connectivity index (χ0n) is 10.4. The molecule has 0 spiro atoms. The monoisotopic (exact) mass is 211 g/mol. The molecule has 0 bridgehead atoms. The molecule has 88 valence electrons. The van der Waals surface area contributed by atoms with Crippen molar-refractivity contribution in [2.24, 2.45) is 11.3 Å². The lowest BCUT2D eigenvalue weighted by atomic mass is 9.84. The summed E-state index contributed by atoms with van der Waals surface area (Å²) in [6.07, 6.45) is 6.40. The first-order valence-electron chi connectivity index (χ1n) is 6.39. The van der Waals surface area contributed by atoms with E-state index in [4.69, 9.17) is 0 Å². The van der Waals surface area contributed by atoms with E-state index < -0.39 is 0 Å². The number of nitrogens with zero attached hydrogens (tertiary/aromatic N) is 1. The van der Waals surface area contributed by atoms with Gasteiger partial charge >= 0.3 is 0 Å². The highest BCUT2D eigenvalue weighted by Crippen LogP contribution is 2.40. The molecule has 2 saturated carbocycles. The van der Waals surface area contributed by atoms with Gasteiger partial charge in [0.05, 0.1) is 6.10 Å². The molecular weight excluding hydrogens is 186 g/mol. The summed E-state index contributed by atoms with van der Waals surface area (Å²) in [5, 5.41) is 10.2. The summed E-state index contributed by atoms with van der Waals surface area (Å²) < 4.78 is 0. The molecule has 2 nitrogen and oxygen atoms in total. The first-order chi connectivity index (χ1) is 7.00. The van der Waals surface area contributed by atoms with Gasteiger partial charge in [-0.3, -0.25) is 0 Å². The smallest absolute Gasteiger partial charge is 0.0746 e.